The first kappa shape index (κ1) is 15.1. The summed E-state index contributed by atoms with van der Waals surface area (Å²) in [4.78, 5) is 2.49. The van der Waals surface area contributed by atoms with E-state index in [-0.39, 0.29) is 5.41 Å². The van der Waals surface area contributed by atoms with Crippen molar-refractivity contribution in [1.29, 1.82) is 0 Å². The number of furan rings is 1. The van der Waals surface area contributed by atoms with Gasteiger partial charge in [-0.25, -0.2) is 0 Å². The zero-order valence-corrected chi connectivity index (χ0v) is 13.1. The average molecular weight is 292 g/mol. The van der Waals surface area contributed by atoms with Crippen LogP contribution in [0.25, 0.3) is 0 Å². The second kappa shape index (κ2) is 6.95. The number of hydrogen-bond acceptors (Lipinski definition) is 4. The SMILES string of the molecule is CCN(Cc1ccco1)CC1(CNC2CC2)CCCOC1. The zero-order chi connectivity index (χ0) is 14.5. The van der Waals surface area contributed by atoms with Crippen LogP contribution in [0, 0.1) is 5.41 Å². The third-order valence-corrected chi connectivity index (χ3v) is 4.71. The molecule has 4 heteroatoms. The van der Waals surface area contributed by atoms with Crippen molar-refractivity contribution in [1.82, 2.24) is 10.2 Å². The number of nitrogens with one attached hydrogen (secondary N) is 1. The standard InChI is InChI=1S/C17H28N2O2/c1-2-19(11-16-5-3-10-21-16)13-17(8-4-9-20-14-17)12-18-15-6-7-15/h3,5,10,15,18H,2,4,6-9,11-14H2,1H3. The van der Waals surface area contributed by atoms with Gasteiger partial charge in [0.05, 0.1) is 19.4 Å². The monoisotopic (exact) mass is 292 g/mol. The lowest BCUT2D eigenvalue weighted by molar-refractivity contribution is -0.0277. The summed E-state index contributed by atoms with van der Waals surface area (Å²) in [6, 6.07) is 4.80. The minimum absolute atomic E-state index is 0.267. The molecule has 0 aromatic carbocycles. The molecule has 2 heterocycles. The minimum Gasteiger partial charge on any atom is -0.468 e. The highest BCUT2D eigenvalue weighted by Gasteiger charge is 2.36. The van der Waals surface area contributed by atoms with E-state index >= 15 is 0 Å². The van der Waals surface area contributed by atoms with Gasteiger partial charge in [-0.05, 0) is 44.4 Å². The maximum absolute atomic E-state index is 5.83. The summed E-state index contributed by atoms with van der Waals surface area (Å²) in [6.45, 7) is 8.17. The Morgan fingerprint density at radius 1 is 1.43 bits per heavy atom. The van der Waals surface area contributed by atoms with Crippen LogP contribution < -0.4 is 5.32 Å². The third kappa shape index (κ3) is 4.31. The second-order valence-corrected chi connectivity index (χ2v) is 6.69. The van der Waals surface area contributed by atoms with Crippen molar-refractivity contribution >= 4 is 0 Å². The first-order chi connectivity index (χ1) is 10.3. The lowest BCUT2D eigenvalue weighted by atomic mass is 9.81. The molecule has 1 aromatic rings. The van der Waals surface area contributed by atoms with Gasteiger partial charge in [-0.1, -0.05) is 6.92 Å². The van der Waals surface area contributed by atoms with Crippen LogP contribution in [0.2, 0.25) is 0 Å². The molecule has 0 spiro atoms. The summed E-state index contributed by atoms with van der Waals surface area (Å²) in [5, 5.41) is 3.73. The Morgan fingerprint density at radius 2 is 2.33 bits per heavy atom. The van der Waals surface area contributed by atoms with E-state index in [1.807, 2.05) is 6.07 Å². The first-order valence-electron chi connectivity index (χ1n) is 8.35. The second-order valence-electron chi connectivity index (χ2n) is 6.69. The summed E-state index contributed by atoms with van der Waals surface area (Å²) >= 11 is 0. The van der Waals surface area contributed by atoms with Crippen molar-refractivity contribution < 1.29 is 9.15 Å². The summed E-state index contributed by atoms with van der Waals surface area (Å²) in [7, 11) is 0. The molecule has 1 saturated heterocycles. The van der Waals surface area contributed by atoms with Gasteiger partial charge in [0.2, 0.25) is 0 Å². The molecule has 2 aliphatic rings. The lowest BCUT2D eigenvalue weighted by Gasteiger charge is -2.40. The Kier molecular flexibility index (Phi) is 4.99. The van der Waals surface area contributed by atoms with Crippen LogP contribution in [0.4, 0.5) is 0 Å². The van der Waals surface area contributed by atoms with Crippen molar-refractivity contribution in [3.63, 3.8) is 0 Å². The van der Waals surface area contributed by atoms with E-state index in [1.54, 1.807) is 6.26 Å². The predicted molar refractivity (Wildman–Crippen MR) is 83.2 cm³/mol. The van der Waals surface area contributed by atoms with E-state index in [0.29, 0.717) is 0 Å². The molecule has 1 N–H and O–H groups in total. The number of ether oxygens (including phenoxy) is 1. The molecule has 4 nitrogen and oxygen atoms in total. The summed E-state index contributed by atoms with van der Waals surface area (Å²) < 4.78 is 11.3. The average Bonchev–Trinajstić information content (AvgIpc) is 3.21. The fourth-order valence-electron chi connectivity index (χ4n) is 3.26. The van der Waals surface area contributed by atoms with E-state index in [2.05, 4.69) is 23.2 Å². The van der Waals surface area contributed by atoms with E-state index in [0.717, 1.165) is 51.2 Å². The predicted octanol–water partition coefficient (Wildman–Crippen LogP) is 2.65. The summed E-state index contributed by atoms with van der Waals surface area (Å²) in [5.41, 5.74) is 0.267. The normalized spacial score (nSPS) is 26.4. The van der Waals surface area contributed by atoms with Crippen LogP contribution in [0.3, 0.4) is 0 Å². The Labute approximate surface area is 127 Å². The van der Waals surface area contributed by atoms with Gasteiger partial charge in [0, 0.05) is 31.2 Å². The molecule has 1 aromatic heterocycles. The molecule has 1 saturated carbocycles. The molecule has 0 bridgehead atoms. The molecule has 1 aliphatic carbocycles. The van der Waals surface area contributed by atoms with Crippen LogP contribution in [0.1, 0.15) is 38.4 Å². The maximum Gasteiger partial charge on any atom is 0.117 e. The zero-order valence-electron chi connectivity index (χ0n) is 13.1. The molecular weight excluding hydrogens is 264 g/mol. The van der Waals surface area contributed by atoms with E-state index in [1.165, 1.54) is 25.7 Å². The van der Waals surface area contributed by atoms with Crippen LogP contribution in [-0.2, 0) is 11.3 Å². The fraction of sp³-hybridized carbons (Fsp3) is 0.765. The van der Waals surface area contributed by atoms with Gasteiger partial charge >= 0.3 is 0 Å². The fourth-order valence-corrected chi connectivity index (χ4v) is 3.26. The van der Waals surface area contributed by atoms with Crippen molar-refractivity contribution in [2.24, 2.45) is 5.41 Å². The third-order valence-electron chi connectivity index (χ3n) is 4.71. The topological polar surface area (TPSA) is 37.6 Å². The Morgan fingerprint density at radius 3 is 2.95 bits per heavy atom. The van der Waals surface area contributed by atoms with Crippen molar-refractivity contribution in [3.05, 3.63) is 24.2 Å². The molecule has 1 atom stereocenters. The maximum atomic E-state index is 5.83. The van der Waals surface area contributed by atoms with Crippen LogP contribution in [-0.4, -0.2) is 43.8 Å². The molecule has 1 aliphatic heterocycles. The van der Waals surface area contributed by atoms with Crippen molar-refractivity contribution in [2.75, 3.05) is 32.8 Å². The molecule has 1 unspecified atom stereocenters. The van der Waals surface area contributed by atoms with Gasteiger partial charge < -0.3 is 14.5 Å². The van der Waals surface area contributed by atoms with Crippen LogP contribution in [0.15, 0.2) is 22.8 Å². The van der Waals surface area contributed by atoms with E-state index < -0.39 is 0 Å². The molecular formula is C17H28N2O2. The molecule has 2 fully saturated rings. The summed E-state index contributed by atoms with van der Waals surface area (Å²) in [5.74, 6) is 1.05. The number of hydrogen-bond donors (Lipinski definition) is 1. The lowest BCUT2D eigenvalue weighted by Crippen LogP contribution is -2.49. The van der Waals surface area contributed by atoms with Gasteiger partial charge in [0.15, 0.2) is 0 Å². The van der Waals surface area contributed by atoms with Gasteiger partial charge in [-0.15, -0.1) is 0 Å². The molecule has 21 heavy (non-hydrogen) atoms. The quantitative estimate of drug-likeness (QED) is 0.799. The van der Waals surface area contributed by atoms with Gasteiger partial charge in [-0.3, -0.25) is 4.90 Å². The smallest absolute Gasteiger partial charge is 0.117 e. The largest absolute Gasteiger partial charge is 0.468 e. The summed E-state index contributed by atoms with van der Waals surface area (Å²) in [6.07, 6.45) is 6.91. The minimum atomic E-state index is 0.267. The van der Waals surface area contributed by atoms with Crippen LogP contribution >= 0.6 is 0 Å². The van der Waals surface area contributed by atoms with Crippen molar-refractivity contribution in [2.45, 2.75) is 45.2 Å². The Balaban J connectivity index is 1.60. The first-order valence-corrected chi connectivity index (χ1v) is 8.35. The highest BCUT2D eigenvalue weighted by molar-refractivity contribution is 4.99. The van der Waals surface area contributed by atoms with E-state index in [9.17, 15) is 0 Å². The van der Waals surface area contributed by atoms with Gasteiger partial charge in [-0.2, -0.15) is 0 Å². The highest BCUT2D eigenvalue weighted by Crippen LogP contribution is 2.31. The molecule has 0 amide bonds. The van der Waals surface area contributed by atoms with Gasteiger partial charge in [0.1, 0.15) is 5.76 Å². The Bertz CT molecular complexity index is 408. The molecule has 3 rings (SSSR count). The van der Waals surface area contributed by atoms with Crippen molar-refractivity contribution in [3.8, 4) is 0 Å². The van der Waals surface area contributed by atoms with Gasteiger partial charge in [0.25, 0.3) is 0 Å². The number of nitrogens with zero attached hydrogens (tertiary/aromatic N) is 1. The highest BCUT2D eigenvalue weighted by atomic mass is 16.5. The Hall–Kier alpha value is -0.840. The molecule has 0 radical (unpaired) electrons. The number of rotatable bonds is 8. The molecule has 118 valence electrons. The van der Waals surface area contributed by atoms with Crippen LogP contribution in [0.5, 0.6) is 0 Å². The van der Waals surface area contributed by atoms with E-state index in [4.69, 9.17) is 9.15 Å².